The predicted molar refractivity (Wildman–Crippen MR) is 81.3 cm³/mol. The van der Waals surface area contributed by atoms with Gasteiger partial charge in [-0.25, -0.2) is 0 Å². The second-order valence-corrected chi connectivity index (χ2v) is 5.45. The number of hydrogen-bond acceptors (Lipinski definition) is 3. The minimum atomic E-state index is 0.104. The van der Waals surface area contributed by atoms with Crippen LogP contribution in [0.25, 0.3) is 0 Å². The Labute approximate surface area is 121 Å². The summed E-state index contributed by atoms with van der Waals surface area (Å²) >= 11 is 0. The largest absolute Gasteiger partial charge is 0.356 e. The van der Waals surface area contributed by atoms with E-state index >= 15 is 0 Å². The zero-order valence-corrected chi connectivity index (χ0v) is 12.1. The summed E-state index contributed by atoms with van der Waals surface area (Å²) in [5.74, 6) is 0.104. The first-order chi connectivity index (χ1) is 9.78. The van der Waals surface area contributed by atoms with Crippen LogP contribution in [0.1, 0.15) is 30.4 Å². The van der Waals surface area contributed by atoms with Gasteiger partial charge < -0.3 is 16.0 Å². The van der Waals surface area contributed by atoms with Gasteiger partial charge in [0.1, 0.15) is 0 Å². The van der Waals surface area contributed by atoms with Crippen molar-refractivity contribution in [2.75, 3.05) is 26.2 Å². The maximum Gasteiger partial charge on any atom is 0.224 e. The highest BCUT2D eigenvalue weighted by molar-refractivity contribution is 5.78. The third-order valence-corrected chi connectivity index (χ3v) is 3.80. The van der Waals surface area contributed by atoms with Crippen molar-refractivity contribution in [2.24, 2.45) is 5.73 Å². The molecule has 4 nitrogen and oxygen atoms in total. The normalized spacial score (nSPS) is 15.4. The topological polar surface area (TPSA) is 58.4 Å². The molecule has 0 aliphatic carbocycles. The SMILES string of the molecule is NCc1ccc(CC(=O)NCCCN2CCCC2)cc1. The van der Waals surface area contributed by atoms with Crippen molar-refractivity contribution in [1.29, 1.82) is 0 Å². The molecule has 1 aromatic carbocycles. The van der Waals surface area contributed by atoms with E-state index in [9.17, 15) is 4.79 Å². The summed E-state index contributed by atoms with van der Waals surface area (Å²) in [7, 11) is 0. The van der Waals surface area contributed by atoms with E-state index in [4.69, 9.17) is 5.73 Å². The van der Waals surface area contributed by atoms with Gasteiger partial charge in [0.15, 0.2) is 0 Å². The van der Waals surface area contributed by atoms with Crippen LogP contribution in [0.4, 0.5) is 0 Å². The van der Waals surface area contributed by atoms with Gasteiger partial charge >= 0.3 is 0 Å². The summed E-state index contributed by atoms with van der Waals surface area (Å²) in [6.07, 6.45) is 4.14. The van der Waals surface area contributed by atoms with Crippen molar-refractivity contribution in [3.05, 3.63) is 35.4 Å². The molecule has 0 bridgehead atoms. The molecular formula is C16H25N3O. The fraction of sp³-hybridized carbons (Fsp3) is 0.562. The summed E-state index contributed by atoms with van der Waals surface area (Å²) in [4.78, 5) is 14.3. The number of likely N-dealkylation sites (tertiary alicyclic amines) is 1. The van der Waals surface area contributed by atoms with E-state index in [0.717, 1.165) is 30.6 Å². The van der Waals surface area contributed by atoms with Gasteiger partial charge in [-0.05, 0) is 50.0 Å². The summed E-state index contributed by atoms with van der Waals surface area (Å²) in [5, 5.41) is 2.99. The number of carbonyl (C=O) groups is 1. The Morgan fingerprint density at radius 3 is 2.45 bits per heavy atom. The lowest BCUT2D eigenvalue weighted by Gasteiger charge is -2.14. The van der Waals surface area contributed by atoms with Crippen LogP contribution >= 0.6 is 0 Å². The van der Waals surface area contributed by atoms with Gasteiger partial charge in [0.05, 0.1) is 6.42 Å². The Morgan fingerprint density at radius 1 is 1.15 bits per heavy atom. The zero-order valence-electron chi connectivity index (χ0n) is 12.1. The third kappa shape index (κ3) is 4.94. The molecule has 1 amide bonds. The summed E-state index contributed by atoms with van der Waals surface area (Å²) in [5.41, 5.74) is 7.69. The molecule has 1 saturated heterocycles. The monoisotopic (exact) mass is 275 g/mol. The standard InChI is InChI=1S/C16H25N3O/c17-13-15-6-4-14(5-7-15)12-16(20)18-8-3-11-19-9-1-2-10-19/h4-7H,1-3,8-13,17H2,(H,18,20). The van der Waals surface area contributed by atoms with Crippen LogP contribution in [0, 0.1) is 0 Å². The molecule has 0 radical (unpaired) electrons. The average molecular weight is 275 g/mol. The van der Waals surface area contributed by atoms with Gasteiger partial charge in [-0.1, -0.05) is 24.3 Å². The zero-order chi connectivity index (χ0) is 14.2. The molecule has 1 heterocycles. The Hall–Kier alpha value is -1.39. The van der Waals surface area contributed by atoms with E-state index in [1.165, 1.54) is 25.9 Å². The molecule has 1 aliphatic heterocycles. The first-order valence-electron chi connectivity index (χ1n) is 7.55. The summed E-state index contributed by atoms with van der Waals surface area (Å²) in [6.45, 7) is 4.87. The molecule has 0 spiro atoms. The molecule has 0 aromatic heterocycles. The number of carbonyl (C=O) groups excluding carboxylic acids is 1. The van der Waals surface area contributed by atoms with Crippen molar-refractivity contribution in [3.63, 3.8) is 0 Å². The first kappa shape index (κ1) is 15.0. The van der Waals surface area contributed by atoms with E-state index in [1.54, 1.807) is 0 Å². The number of nitrogens with zero attached hydrogens (tertiary/aromatic N) is 1. The van der Waals surface area contributed by atoms with Gasteiger partial charge in [0.2, 0.25) is 5.91 Å². The Kier molecular flexibility index (Phi) is 6.02. The van der Waals surface area contributed by atoms with Crippen molar-refractivity contribution in [3.8, 4) is 0 Å². The van der Waals surface area contributed by atoms with Crippen LogP contribution in [0.2, 0.25) is 0 Å². The highest BCUT2D eigenvalue weighted by atomic mass is 16.1. The molecule has 1 fully saturated rings. The van der Waals surface area contributed by atoms with Gasteiger partial charge in [-0.3, -0.25) is 4.79 Å². The van der Waals surface area contributed by atoms with Crippen molar-refractivity contribution in [2.45, 2.75) is 32.2 Å². The molecule has 110 valence electrons. The van der Waals surface area contributed by atoms with E-state index in [0.29, 0.717) is 13.0 Å². The quantitative estimate of drug-likeness (QED) is 0.737. The Bertz CT molecular complexity index is 410. The number of amides is 1. The molecular weight excluding hydrogens is 250 g/mol. The van der Waals surface area contributed by atoms with Crippen LogP contribution in [-0.2, 0) is 17.8 Å². The minimum absolute atomic E-state index is 0.104. The number of benzene rings is 1. The lowest BCUT2D eigenvalue weighted by molar-refractivity contribution is -0.120. The van der Waals surface area contributed by atoms with E-state index in [1.807, 2.05) is 24.3 Å². The van der Waals surface area contributed by atoms with Crippen LogP contribution in [0.3, 0.4) is 0 Å². The summed E-state index contributed by atoms with van der Waals surface area (Å²) < 4.78 is 0. The number of nitrogens with one attached hydrogen (secondary N) is 1. The molecule has 1 aliphatic rings. The number of rotatable bonds is 7. The molecule has 0 unspecified atom stereocenters. The van der Waals surface area contributed by atoms with Gasteiger partial charge in [-0.15, -0.1) is 0 Å². The highest BCUT2D eigenvalue weighted by Crippen LogP contribution is 2.07. The molecule has 20 heavy (non-hydrogen) atoms. The lowest BCUT2D eigenvalue weighted by atomic mass is 10.1. The first-order valence-corrected chi connectivity index (χ1v) is 7.55. The lowest BCUT2D eigenvalue weighted by Crippen LogP contribution is -2.29. The average Bonchev–Trinajstić information content (AvgIpc) is 2.98. The highest BCUT2D eigenvalue weighted by Gasteiger charge is 2.10. The summed E-state index contributed by atoms with van der Waals surface area (Å²) in [6, 6.07) is 7.92. The smallest absolute Gasteiger partial charge is 0.224 e. The number of nitrogens with two attached hydrogens (primary N) is 1. The number of hydrogen-bond donors (Lipinski definition) is 2. The maximum absolute atomic E-state index is 11.8. The predicted octanol–water partition coefficient (Wildman–Crippen LogP) is 1.29. The van der Waals surface area contributed by atoms with Crippen LogP contribution < -0.4 is 11.1 Å². The van der Waals surface area contributed by atoms with Crippen LogP contribution in [0.5, 0.6) is 0 Å². The molecule has 1 aromatic rings. The third-order valence-electron chi connectivity index (χ3n) is 3.80. The fourth-order valence-corrected chi connectivity index (χ4v) is 2.58. The van der Waals surface area contributed by atoms with Gasteiger partial charge in [-0.2, -0.15) is 0 Å². The van der Waals surface area contributed by atoms with E-state index < -0.39 is 0 Å². The molecule has 0 saturated carbocycles. The fourth-order valence-electron chi connectivity index (χ4n) is 2.58. The van der Waals surface area contributed by atoms with Crippen LogP contribution in [-0.4, -0.2) is 37.0 Å². The second-order valence-electron chi connectivity index (χ2n) is 5.45. The molecule has 0 atom stereocenters. The maximum atomic E-state index is 11.8. The van der Waals surface area contributed by atoms with Crippen molar-refractivity contribution < 1.29 is 4.79 Å². The van der Waals surface area contributed by atoms with E-state index in [2.05, 4.69) is 10.2 Å². The molecule has 4 heteroatoms. The van der Waals surface area contributed by atoms with Crippen molar-refractivity contribution in [1.82, 2.24) is 10.2 Å². The van der Waals surface area contributed by atoms with Gasteiger partial charge in [0.25, 0.3) is 0 Å². The Morgan fingerprint density at radius 2 is 1.80 bits per heavy atom. The molecule has 3 N–H and O–H groups in total. The molecule has 2 rings (SSSR count). The second kappa shape index (κ2) is 8.02. The van der Waals surface area contributed by atoms with Crippen LogP contribution in [0.15, 0.2) is 24.3 Å². The van der Waals surface area contributed by atoms with Crippen molar-refractivity contribution >= 4 is 5.91 Å². The Balaban J connectivity index is 1.61. The van der Waals surface area contributed by atoms with Gasteiger partial charge in [0, 0.05) is 13.1 Å². The minimum Gasteiger partial charge on any atom is -0.356 e. The van der Waals surface area contributed by atoms with E-state index in [-0.39, 0.29) is 5.91 Å².